The first kappa shape index (κ1) is 14.2. The molecular weight excluding hydrogens is 266 g/mol. The van der Waals surface area contributed by atoms with Gasteiger partial charge in [0.15, 0.2) is 0 Å². The molecule has 0 unspecified atom stereocenters. The van der Waals surface area contributed by atoms with E-state index in [1.807, 2.05) is 16.9 Å². The molecule has 114 valence electrons. The van der Waals surface area contributed by atoms with Gasteiger partial charge in [-0.05, 0) is 26.0 Å². The summed E-state index contributed by atoms with van der Waals surface area (Å²) in [6.07, 6.45) is 5.84. The third kappa shape index (κ3) is 3.14. The van der Waals surface area contributed by atoms with Crippen molar-refractivity contribution in [2.24, 2.45) is 12.8 Å². The molecule has 0 bridgehead atoms. The highest BCUT2D eigenvalue weighted by Gasteiger charge is 2.31. The van der Waals surface area contributed by atoms with E-state index in [1.54, 1.807) is 6.20 Å². The minimum Gasteiger partial charge on any atom is -0.328 e. The SMILES string of the molecule is CN(CCn1cccn1)Cc1nnc(C2CC(N)C2)n1C. The summed E-state index contributed by atoms with van der Waals surface area (Å²) in [5.74, 6) is 2.57. The van der Waals surface area contributed by atoms with Gasteiger partial charge in [0.25, 0.3) is 0 Å². The molecule has 0 atom stereocenters. The number of aromatic nitrogens is 5. The van der Waals surface area contributed by atoms with Crippen molar-refractivity contribution in [2.45, 2.75) is 37.9 Å². The molecule has 0 aromatic carbocycles. The molecule has 0 saturated heterocycles. The van der Waals surface area contributed by atoms with Crippen molar-refractivity contribution in [3.05, 3.63) is 30.1 Å². The van der Waals surface area contributed by atoms with E-state index in [-0.39, 0.29) is 0 Å². The number of nitrogens with zero attached hydrogens (tertiary/aromatic N) is 6. The van der Waals surface area contributed by atoms with Crippen molar-refractivity contribution in [3.63, 3.8) is 0 Å². The van der Waals surface area contributed by atoms with Crippen LogP contribution in [0.1, 0.15) is 30.4 Å². The van der Waals surface area contributed by atoms with E-state index in [1.165, 1.54) is 0 Å². The van der Waals surface area contributed by atoms with Gasteiger partial charge in [-0.2, -0.15) is 5.10 Å². The Morgan fingerprint density at radius 2 is 2.19 bits per heavy atom. The number of likely N-dealkylation sites (N-methyl/N-ethyl adjacent to an activating group) is 1. The standard InChI is InChI=1S/C14H23N7/c1-19(6-7-21-5-3-4-16-21)10-13-17-18-14(20(13)2)11-8-12(15)9-11/h3-5,11-12H,6-10,15H2,1-2H3. The third-order valence-corrected chi connectivity index (χ3v) is 4.22. The van der Waals surface area contributed by atoms with Crippen molar-refractivity contribution in [1.29, 1.82) is 0 Å². The van der Waals surface area contributed by atoms with E-state index >= 15 is 0 Å². The van der Waals surface area contributed by atoms with Crippen LogP contribution in [0.25, 0.3) is 0 Å². The third-order valence-electron chi connectivity index (χ3n) is 4.22. The fraction of sp³-hybridized carbons (Fsp3) is 0.643. The quantitative estimate of drug-likeness (QED) is 0.830. The molecule has 0 aliphatic heterocycles. The second-order valence-corrected chi connectivity index (χ2v) is 5.97. The van der Waals surface area contributed by atoms with E-state index in [4.69, 9.17) is 5.73 Å². The summed E-state index contributed by atoms with van der Waals surface area (Å²) in [6.45, 7) is 2.60. The van der Waals surface area contributed by atoms with Crippen LogP contribution in [0.5, 0.6) is 0 Å². The summed E-state index contributed by atoms with van der Waals surface area (Å²) in [4.78, 5) is 2.24. The van der Waals surface area contributed by atoms with Gasteiger partial charge in [0.1, 0.15) is 11.6 Å². The molecule has 7 heteroatoms. The molecule has 1 aliphatic carbocycles. The van der Waals surface area contributed by atoms with Gasteiger partial charge in [-0.3, -0.25) is 9.58 Å². The minimum absolute atomic E-state index is 0.340. The Labute approximate surface area is 124 Å². The molecule has 2 N–H and O–H groups in total. The molecule has 3 rings (SSSR count). The highest BCUT2D eigenvalue weighted by Crippen LogP contribution is 2.34. The van der Waals surface area contributed by atoms with Crippen LogP contribution < -0.4 is 5.73 Å². The Bertz CT molecular complexity index is 568. The van der Waals surface area contributed by atoms with Crippen molar-refractivity contribution in [1.82, 2.24) is 29.4 Å². The first-order valence-corrected chi connectivity index (χ1v) is 7.43. The predicted octanol–water partition coefficient (Wildman–Crippen LogP) is 0.348. The first-order valence-electron chi connectivity index (χ1n) is 7.43. The zero-order valence-corrected chi connectivity index (χ0v) is 12.7. The van der Waals surface area contributed by atoms with Gasteiger partial charge in [-0.1, -0.05) is 0 Å². The Hall–Kier alpha value is -1.73. The summed E-state index contributed by atoms with van der Waals surface area (Å²) in [5, 5.41) is 12.9. The molecule has 2 aromatic heterocycles. The lowest BCUT2D eigenvalue weighted by atomic mass is 9.80. The average molecular weight is 289 g/mol. The van der Waals surface area contributed by atoms with Gasteiger partial charge in [0.05, 0.1) is 13.1 Å². The number of hydrogen-bond acceptors (Lipinski definition) is 5. The molecule has 0 amide bonds. The lowest BCUT2D eigenvalue weighted by Gasteiger charge is -2.31. The van der Waals surface area contributed by atoms with E-state index in [0.29, 0.717) is 12.0 Å². The highest BCUT2D eigenvalue weighted by atomic mass is 15.3. The van der Waals surface area contributed by atoms with Gasteiger partial charge in [0, 0.05) is 37.9 Å². The number of rotatable bonds is 6. The monoisotopic (exact) mass is 289 g/mol. The normalized spacial score (nSPS) is 21.7. The highest BCUT2D eigenvalue weighted by molar-refractivity contribution is 5.08. The second kappa shape index (κ2) is 5.95. The second-order valence-electron chi connectivity index (χ2n) is 5.97. The van der Waals surface area contributed by atoms with Gasteiger partial charge in [-0.25, -0.2) is 0 Å². The summed E-state index contributed by atoms with van der Waals surface area (Å²) in [5.41, 5.74) is 5.86. The summed E-state index contributed by atoms with van der Waals surface area (Å²) < 4.78 is 4.06. The predicted molar refractivity (Wildman–Crippen MR) is 79.5 cm³/mol. The van der Waals surface area contributed by atoms with Crippen LogP contribution in [0.3, 0.4) is 0 Å². The molecule has 2 aromatic rings. The lowest BCUT2D eigenvalue weighted by Crippen LogP contribution is -2.36. The topological polar surface area (TPSA) is 77.8 Å². The molecule has 0 radical (unpaired) electrons. The fourth-order valence-corrected chi connectivity index (χ4v) is 2.77. The summed E-state index contributed by atoms with van der Waals surface area (Å²) >= 11 is 0. The molecule has 7 nitrogen and oxygen atoms in total. The van der Waals surface area contributed by atoms with Crippen LogP contribution in [-0.2, 0) is 20.1 Å². The Morgan fingerprint density at radius 3 is 2.86 bits per heavy atom. The molecular formula is C14H23N7. The zero-order valence-electron chi connectivity index (χ0n) is 12.7. The van der Waals surface area contributed by atoms with E-state index in [2.05, 4.69) is 38.9 Å². The summed E-state index contributed by atoms with van der Waals surface area (Å²) in [6, 6.07) is 2.28. The average Bonchev–Trinajstić information content (AvgIpc) is 3.05. The minimum atomic E-state index is 0.340. The maximum atomic E-state index is 5.86. The molecule has 1 saturated carbocycles. The molecule has 2 heterocycles. The van der Waals surface area contributed by atoms with Crippen LogP contribution in [-0.4, -0.2) is 49.1 Å². The first-order chi connectivity index (χ1) is 10.1. The zero-order chi connectivity index (χ0) is 14.8. The van der Waals surface area contributed by atoms with E-state index in [0.717, 1.165) is 44.1 Å². The molecule has 0 spiro atoms. The Kier molecular flexibility index (Phi) is 4.03. The summed E-state index contributed by atoms with van der Waals surface area (Å²) in [7, 11) is 4.15. The maximum Gasteiger partial charge on any atom is 0.146 e. The van der Waals surface area contributed by atoms with Crippen LogP contribution >= 0.6 is 0 Å². The Balaban J connectivity index is 1.54. The van der Waals surface area contributed by atoms with Crippen LogP contribution in [0, 0.1) is 0 Å². The van der Waals surface area contributed by atoms with Crippen LogP contribution in [0.4, 0.5) is 0 Å². The van der Waals surface area contributed by atoms with Gasteiger partial charge < -0.3 is 10.3 Å². The number of nitrogens with two attached hydrogens (primary N) is 1. The maximum absolute atomic E-state index is 5.86. The van der Waals surface area contributed by atoms with Gasteiger partial charge >= 0.3 is 0 Å². The molecule has 1 aliphatic rings. The van der Waals surface area contributed by atoms with Gasteiger partial charge in [0.2, 0.25) is 0 Å². The fourth-order valence-electron chi connectivity index (χ4n) is 2.77. The smallest absolute Gasteiger partial charge is 0.146 e. The molecule has 21 heavy (non-hydrogen) atoms. The molecule has 1 fully saturated rings. The largest absolute Gasteiger partial charge is 0.328 e. The van der Waals surface area contributed by atoms with Crippen molar-refractivity contribution < 1.29 is 0 Å². The van der Waals surface area contributed by atoms with Crippen molar-refractivity contribution >= 4 is 0 Å². The van der Waals surface area contributed by atoms with Crippen LogP contribution in [0.2, 0.25) is 0 Å². The van der Waals surface area contributed by atoms with Gasteiger partial charge in [-0.15, -0.1) is 10.2 Å². The number of hydrogen-bond donors (Lipinski definition) is 1. The van der Waals surface area contributed by atoms with Crippen molar-refractivity contribution in [2.75, 3.05) is 13.6 Å². The van der Waals surface area contributed by atoms with Crippen molar-refractivity contribution in [3.8, 4) is 0 Å². The van der Waals surface area contributed by atoms with E-state index in [9.17, 15) is 0 Å². The Morgan fingerprint density at radius 1 is 1.38 bits per heavy atom. The lowest BCUT2D eigenvalue weighted by molar-refractivity contribution is 0.292. The van der Waals surface area contributed by atoms with Crippen LogP contribution in [0.15, 0.2) is 18.5 Å². The van der Waals surface area contributed by atoms with E-state index < -0.39 is 0 Å².